The number of ether oxygens (including phenoxy) is 2. The number of aliphatic hydroxyl groups is 1. The van der Waals surface area contributed by atoms with Crippen molar-refractivity contribution in [2.24, 2.45) is 0 Å². The van der Waals surface area contributed by atoms with Gasteiger partial charge in [0.05, 0.1) is 6.61 Å². The fraction of sp³-hybridized carbons (Fsp3) is 0.333. The van der Waals surface area contributed by atoms with Crippen molar-refractivity contribution in [3.05, 3.63) is 48.6 Å². The number of hydrogen-bond acceptors (Lipinski definition) is 5. The molecule has 110 valence electrons. The van der Waals surface area contributed by atoms with E-state index in [0.717, 1.165) is 0 Å². The average Bonchev–Trinajstić information content (AvgIpc) is 2.44. The molecule has 0 spiro atoms. The predicted octanol–water partition coefficient (Wildman–Crippen LogP) is 1.70. The molecule has 0 amide bonds. The first-order chi connectivity index (χ1) is 9.63. The zero-order chi connectivity index (χ0) is 15.2. The molecule has 0 aromatic heterocycles. The minimum atomic E-state index is -0.878. The molecule has 0 bridgehead atoms. The Morgan fingerprint density at radius 1 is 1.00 bits per heavy atom. The second-order valence-corrected chi connectivity index (χ2v) is 3.64. The lowest BCUT2D eigenvalue weighted by molar-refractivity contribution is -0.154. The van der Waals surface area contributed by atoms with Crippen LogP contribution in [0.5, 0.6) is 0 Å². The van der Waals surface area contributed by atoms with Gasteiger partial charge >= 0.3 is 11.9 Å². The molecule has 0 aliphatic carbocycles. The van der Waals surface area contributed by atoms with Crippen molar-refractivity contribution in [1.82, 2.24) is 0 Å². The Bertz CT molecular complexity index is 404. The first-order valence-electron chi connectivity index (χ1n) is 6.21. The van der Waals surface area contributed by atoms with Crippen LogP contribution in [0, 0.1) is 0 Å². The van der Waals surface area contributed by atoms with E-state index in [1.54, 1.807) is 24.3 Å². The molecule has 0 rings (SSSR count). The van der Waals surface area contributed by atoms with Gasteiger partial charge in [0.15, 0.2) is 6.10 Å². The number of allylic oxidation sites excluding steroid dienone is 6. The second kappa shape index (κ2) is 11.9. The summed E-state index contributed by atoms with van der Waals surface area (Å²) < 4.78 is 9.73. The minimum Gasteiger partial charge on any atom is -0.458 e. The fourth-order valence-corrected chi connectivity index (χ4v) is 1.04. The molecule has 20 heavy (non-hydrogen) atoms. The van der Waals surface area contributed by atoms with E-state index in [1.807, 2.05) is 13.8 Å². The lowest BCUT2D eigenvalue weighted by Gasteiger charge is -2.13. The van der Waals surface area contributed by atoms with Gasteiger partial charge in [0.1, 0.15) is 6.61 Å². The Kier molecular flexibility index (Phi) is 10.6. The number of carbonyl (C=O) groups is 2. The summed E-state index contributed by atoms with van der Waals surface area (Å²) in [5.74, 6) is -1.18. The molecule has 0 aliphatic heterocycles. The van der Waals surface area contributed by atoms with E-state index in [2.05, 4.69) is 0 Å². The van der Waals surface area contributed by atoms with Crippen LogP contribution in [0.4, 0.5) is 0 Å². The molecular weight excluding hydrogens is 260 g/mol. The van der Waals surface area contributed by atoms with Crippen LogP contribution in [0.1, 0.15) is 13.8 Å². The summed E-state index contributed by atoms with van der Waals surface area (Å²) in [7, 11) is 0. The molecule has 1 atom stereocenters. The Morgan fingerprint density at radius 2 is 1.55 bits per heavy atom. The minimum absolute atomic E-state index is 0.196. The molecule has 0 saturated carbocycles. The van der Waals surface area contributed by atoms with Gasteiger partial charge in [0.25, 0.3) is 0 Å². The quantitative estimate of drug-likeness (QED) is 0.416. The van der Waals surface area contributed by atoms with Crippen LogP contribution in [0.3, 0.4) is 0 Å². The summed E-state index contributed by atoms with van der Waals surface area (Å²) in [5, 5.41) is 9.04. The van der Waals surface area contributed by atoms with Gasteiger partial charge in [0, 0.05) is 12.2 Å². The zero-order valence-electron chi connectivity index (χ0n) is 11.7. The monoisotopic (exact) mass is 280 g/mol. The van der Waals surface area contributed by atoms with Crippen molar-refractivity contribution in [2.75, 3.05) is 13.2 Å². The van der Waals surface area contributed by atoms with Crippen LogP contribution in [-0.2, 0) is 19.1 Å². The molecule has 5 nitrogen and oxygen atoms in total. The van der Waals surface area contributed by atoms with Gasteiger partial charge in [-0.1, -0.05) is 36.5 Å². The van der Waals surface area contributed by atoms with Gasteiger partial charge in [-0.15, -0.1) is 0 Å². The van der Waals surface area contributed by atoms with Crippen molar-refractivity contribution in [3.63, 3.8) is 0 Å². The van der Waals surface area contributed by atoms with Gasteiger partial charge < -0.3 is 14.6 Å². The van der Waals surface area contributed by atoms with Crippen molar-refractivity contribution in [3.8, 4) is 0 Å². The highest BCUT2D eigenvalue weighted by atomic mass is 16.6. The SMILES string of the molecule is C/C=C/C=C/C(=O)OC[C@H](CO)OC(=O)/C=C/C=C/C. The molecule has 0 aromatic carbocycles. The highest BCUT2D eigenvalue weighted by Gasteiger charge is 2.13. The topological polar surface area (TPSA) is 72.8 Å². The van der Waals surface area contributed by atoms with E-state index in [4.69, 9.17) is 14.6 Å². The number of hydrogen-bond donors (Lipinski definition) is 1. The van der Waals surface area contributed by atoms with Crippen molar-refractivity contribution in [2.45, 2.75) is 20.0 Å². The lowest BCUT2D eigenvalue weighted by atomic mass is 10.4. The Hall–Kier alpha value is -2.14. The van der Waals surface area contributed by atoms with Gasteiger partial charge in [0.2, 0.25) is 0 Å². The van der Waals surface area contributed by atoms with Crippen LogP contribution >= 0.6 is 0 Å². The van der Waals surface area contributed by atoms with E-state index in [-0.39, 0.29) is 6.61 Å². The maximum Gasteiger partial charge on any atom is 0.331 e. The maximum atomic E-state index is 11.3. The Labute approximate surface area is 118 Å². The molecule has 0 aliphatic rings. The summed E-state index contributed by atoms with van der Waals surface area (Å²) in [6.07, 6.45) is 11.5. The summed E-state index contributed by atoms with van der Waals surface area (Å²) in [6.45, 7) is 3.01. The zero-order valence-corrected chi connectivity index (χ0v) is 11.7. The van der Waals surface area contributed by atoms with Crippen molar-refractivity contribution < 1.29 is 24.2 Å². The number of aliphatic hydroxyl groups excluding tert-OH is 1. The molecule has 0 aromatic rings. The normalized spacial score (nSPS) is 13.6. The van der Waals surface area contributed by atoms with Gasteiger partial charge in [-0.3, -0.25) is 0 Å². The number of rotatable bonds is 8. The van der Waals surface area contributed by atoms with Crippen LogP contribution in [0.2, 0.25) is 0 Å². The molecule has 0 saturated heterocycles. The molecule has 0 unspecified atom stereocenters. The molecular formula is C15H20O5. The molecule has 0 heterocycles. The van der Waals surface area contributed by atoms with Crippen LogP contribution < -0.4 is 0 Å². The molecule has 5 heteroatoms. The fourth-order valence-electron chi connectivity index (χ4n) is 1.04. The van der Waals surface area contributed by atoms with E-state index in [1.165, 1.54) is 24.3 Å². The molecule has 0 radical (unpaired) electrons. The first-order valence-corrected chi connectivity index (χ1v) is 6.21. The third-order valence-electron chi connectivity index (χ3n) is 1.97. The maximum absolute atomic E-state index is 11.3. The summed E-state index contributed by atoms with van der Waals surface area (Å²) >= 11 is 0. The Morgan fingerprint density at radius 3 is 2.05 bits per heavy atom. The highest BCUT2D eigenvalue weighted by molar-refractivity contribution is 5.83. The third kappa shape index (κ3) is 9.85. The van der Waals surface area contributed by atoms with E-state index < -0.39 is 24.6 Å². The van der Waals surface area contributed by atoms with E-state index in [9.17, 15) is 9.59 Å². The summed E-state index contributed by atoms with van der Waals surface area (Å²) in [4.78, 5) is 22.6. The standard InChI is InChI=1S/C15H20O5/c1-3-5-7-9-14(17)19-12-13(11-16)20-15(18)10-8-6-4-2/h3-10,13,16H,11-12H2,1-2H3/b5-3+,6-4+,9-7+,10-8+/t13-/m0/s1. The van der Waals surface area contributed by atoms with E-state index >= 15 is 0 Å². The second-order valence-electron chi connectivity index (χ2n) is 3.64. The summed E-state index contributed by atoms with van der Waals surface area (Å²) in [5.41, 5.74) is 0. The van der Waals surface area contributed by atoms with E-state index in [0.29, 0.717) is 0 Å². The number of carbonyl (C=O) groups excluding carboxylic acids is 2. The third-order valence-corrected chi connectivity index (χ3v) is 1.97. The average molecular weight is 280 g/mol. The Balaban J connectivity index is 4.15. The largest absolute Gasteiger partial charge is 0.458 e. The molecule has 0 fully saturated rings. The van der Waals surface area contributed by atoms with Crippen molar-refractivity contribution in [1.29, 1.82) is 0 Å². The lowest BCUT2D eigenvalue weighted by Crippen LogP contribution is -2.27. The van der Waals surface area contributed by atoms with Gasteiger partial charge in [-0.2, -0.15) is 0 Å². The van der Waals surface area contributed by atoms with Crippen LogP contribution in [-0.4, -0.2) is 36.4 Å². The predicted molar refractivity (Wildman–Crippen MR) is 75.8 cm³/mol. The molecule has 1 N–H and O–H groups in total. The summed E-state index contributed by atoms with van der Waals surface area (Å²) in [6, 6.07) is 0. The smallest absolute Gasteiger partial charge is 0.331 e. The number of esters is 2. The van der Waals surface area contributed by atoms with Crippen molar-refractivity contribution >= 4 is 11.9 Å². The van der Waals surface area contributed by atoms with Crippen LogP contribution in [0.15, 0.2) is 48.6 Å². The highest BCUT2D eigenvalue weighted by Crippen LogP contribution is 1.96. The van der Waals surface area contributed by atoms with Gasteiger partial charge in [-0.05, 0) is 13.8 Å². The van der Waals surface area contributed by atoms with Crippen LogP contribution in [0.25, 0.3) is 0 Å². The van der Waals surface area contributed by atoms with Gasteiger partial charge in [-0.25, -0.2) is 9.59 Å². The first kappa shape index (κ1) is 17.9.